The third kappa shape index (κ3) is 13.2. The number of benzene rings is 4. The normalized spacial score (nSPS) is 13.6. The van der Waals surface area contributed by atoms with Gasteiger partial charge >= 0.3 is 5.97 Å². The standard InChI is InChI=1S/C24H26ClN5O3.C13H18ClN3O.C11H10N2O3/c1-28(2)24(33)16-7-8-20(18(25)15-16)29-11-13-30(14-12-29)22(31)10-9-21-26-19-6-4-3-5-17(19)23(32)27-21;1-16(2)13(18)10-3-4-12(11(14)9-10)17-7-5-15-6-8-17;14-10(15)6-5-9-12-8-4-2-1-3-7(8)11(16)13-9/h3-8,15H,9-14H2,1-2H3,(H,26,27,32);3-4,9,15H,5-8H2,1-2H3;1-4H,5-6H2,(H,14,15)(H,12,13,16). The van der Waals surface area contributed by atoms with E-state index in [1.165, 1.54) is 4.90 Å². The number of nitrogens with zero attached hydrogens (tertiary/aromatic N) is 7. The largest absolute Gasteiger partial charge is 0.481 e. The molecule has 2 aliphatic rings. The molecule has 2 fully saturated rings. The fourth-order valence-electron chi connectivity index (χ4n) is 7.53. The van der Waals surface area contributed by atoms with Crippen LogP contribution < -0.4 is 26.2 Å². The molecule has 0 radical (unpaired) electrons. The van der Waals surface area contributed by atoms with Crippen molar-refractivity contribution in [2.24, 2.45) is 0 Å². The lowest BCUT2D eigenvalue weighted by Gasteiger charge is -2.36. The highest BCUT2D eigenvalue weighted by molar-refractivity contribution is 6.34. The Morgan fingerprint density at radius 1 is 0.612 bits per heavy atom. The number of carboxylic acid groups (broad SMARTS) is 1. The minimum Gasteiger partial charge on any atom is -0.481 e. The van der Waals surface area contributed by atoms with Crippen LogP contribution in [0.1, 0.15) is 45.2 Å². The van der Waals surface area contributed by atoms with Crippen LogP contribution in [-0.2, 0) is 22.4 Å². The summed E-state index contributed by atoms with van der Waals surface area (Å²) in [6, 6.07) is 25.0. The second-order valence-corrected chi connectivity index (χ2v) is 17.1. The van der Waals surface area contributed by atoms with Crippen molar-refractivity contribution >= 4 is 80.1 Å². The Morgan fingerprint density at radius 2 is 1.04 bits per heavy atom. The minimum atomic E-state index is -0.907. The molecule has 2 aromatic heterocycles. The number of aromatic nitrogens is 4. The number of aryl methyl sites for hydroxylation is 2. The van der Waals surface area contributed by atoms with E-state index in [4.69, 9.17) is 28.3 Å². The van der Waals surface area contributed by atoms with E-state index >= 15 is 0 Å². The number of carbonyl (C=O) groups excluding carboxylic acids is 3. The third-order valence-electron chi connectivity index (χ3n) is 11.1. The Hall–Kier alpha value is -6.82. The van der Waals surface area contributed by atoms with Gasteiger partial charge in [-0.2, -0.15) is 0 Å². The molecular formula is C48H54Cl2N10O7. The van der Waals surface area contributed by atoms with Crippen LogP contribution in [0.2, 0.25) is 10.0 Å². The molecule has 19 heteroatoms. The van der Waals surface area contributed by atoms with Gasteiger partial charge in [-0.25, -0.2) is 9.97 Å². The quantitative estimate of drug-likeness (QED) is 0.144. The maximum absolute atomic E-state index is 12.7. The highest BCUT2D eigenvalue weighted by Crippen LogP contribution is 2.29. The van der Waals surface area contributed by atoms with Gasteiger partial charge in [0.05, 0.1) is 49.6 Å². The monoisotopic (exact) mass is 952 g/mol. The maximum atomic E-state index is 12.7. The van der Waals surface area contributed by atoms with Crippen molar-refractivity contribution in [3.8, 4) is 0 Å². The second-order valence-electron chi connectivity index (χ2n) is 16.3. The molecule has 0 spiro atoms. The first kappa shape index (κ1) is 49.6. The van der Waals surface area contributed by atoms with Gasteiger partial charge in [0.15, 0.2) is 0 Å². The van der Waals surface area contributed by atoms with Crippen molar-refractivity contribution in [3.63, 3.8) is 0 Å². The molecule has 2 aliphatic heterocycles. The molecular weight excluding hydrogens is 899 g/mol. The van der Waals surface area contributed by atoms with E-state index in [1.54, 1.807) is 93.8 Å². The summed E-state index contributed by atoms with van der Waals surface area (Å²) < 4.78 is 0. The van der Waals surface area contributed by atoms with E-state index in [9.17, 15) is 28.8 Å². The number of piperazine rings is 2. The van der Waals surface area contributed by atoms with Crippen molar-refractivity contribution in [2.45, 2.75) is 25.7 Å². The number of H-pyrrole nitrogens is 2. The first-order chi connectivity index (χ1) is 32.1. The number of aliphatic carboxylic acids is 1. The number of carboxylic acids is 1. The lowest BCUT2D eigenvalue weighted by molar-refractivity contribution is -0.137. The molecule has 4 heterocycles. The predicted molar refractivity (Wildman–Crippen MR) is 262 cm³/mol. The van der Waals surface area contributed by atoms with Gasteiger partial charge in [-0.05, 0) is 60.7 Å². The number of rotatable bonds is 10. The van der Waals surface area contributed by atoms with E-state index in [0.717, 1.165) is 37.6 Å². The number of fused-ring (bicyclic) bond motifs is 2. The van der Waals surface area contributed by atoms with Crippen LogP contribution in [0.5, 0.6) is 0 Å². The van der Waals surface area contributed by atoms with Crippen molar-refractivity contribution in [1.29, 1.82) is 0 Å². The number of hydrogen-bond donors (Lipinski definition) is 4. The van der Waals surface area contributed by atoms with Crippen LogP contribution in [0.25, 0.3) is 21.8 Å². The summed E-state index contributed by atoms with van der Waals surface area (Å²) >= 11 is 12.7. The Kier molecular flexibility index (Phi) is 17.1. The van der Waals surface area contributed by atoms with Crippen molar-refractivity contribution < 1.29 is 24.3 Å². The summed E-state index contributed by atoms with van der Waals surface area (Å²) in [5, 5.41) is 14.1. The average Bonchev–Trinajstić information content (AvgIpc) is 3.32. The molecule has 0 atom stereocenters. The van der Waals surface area contributed by atoms with Crippen LogP contribution >= 0.6 is 23.2 Å². The predicted octanol–water partition coefficient (Wildman–Crippen LogP) is 4.95. The van der Waals surface area contributed by atoms with E-state index in [-0.39, 0.29) is 48.1 Å². The average molecular weight is 954 g/mol. The first-order valence-electron chi connectivity index (χ1n) is 21.8. The Morgan fingerprint density at radius 3 is 1.48 bits per heavy atom. The molecule has 0 saturated carbocycles. The fourth-order valence-corrected chi connectivity index (χ4v) is 8.13. The molecule has 8 rings (SSSR count). The SMILES string of the molecule is CN(C)C(=O)c1ccc(N2CCN(C(=O)CCc3nc4ccccc4c(=O)[nH]3)CC2)c(Cl)c1.CN(C)C(=O)c1ccc(N2CCNCC2)c(Cl)c1.O=C(O)CCc1nc2ccccc2c(=O)[nH]1. The van der Waals surface area contributed by atoms with Crippen molar-refractivity contribution in [2.75, 3.05) is 90.3 Å². The van der Waals surface area contributed by atoms with Crippen molar-refractivity contribution in [3.05, 3.63) is 138 Å². The molecule has 0 aliphatic carbocycles. The zero-order chi connectivity index (χ0) is 48.2. The number of anilines is 2. The van der Waals surface area contributed by atoms with E-state index in [1.807, 2.05) is 29.2 Å². The summed E-state index contributed by atoms with van der Waals surface area (Å²) in [4.78, 5) is 94.2. The maximum Gasteiger partial charge on any atom is 0.303 e. The number of nitrogens with one attached hydrogen (secondary N) is 3. The number of para-hydroxylation sites is 2. The molecule has 3 amide bonds. The fraction of sp³-hybridized carbons (Fsp3) is 0.333. The van der Waals surface area contributed by atoms with Gasteiger partial charge in [-0.3, -0.25) is 28.8 Å². The van der Waals surface area contributed by atoms with Crippen LogP contribution in [0.4, 0.5) is 11.4 Å². The van der Waals surface area contributed by atoms with E-state index in [2.05, 4.69) is 35.1 Å². The smallest absolute Gasteiger partial charge is 0.303 e. The highest BCUT2D eigenvalue weighted by atomic mass is 35.5. The van der Waals surface area contributed by atoms with Gasteiger partial charge in [0, 0.05) is 111 Å². The summed E-state index contributed by atoms with van der Waals surface area (Å²) in [6.07, 6.45) is 0.854. The Bertz CT molecular complexity index is 2860. The van der Waals surface area contributed by atoms with Gasteiger partial charge in [0.1, 0.15) is 11.6 Å². The Balaban J connectivity index is 0.000000183. The summed E-state index contributed by atoms with van der Waals surface area (Å²) in [6.45, 7) is 6.28. The highest BCUT2D eigenvalue weighted by Gasteiger charge is 2.24. The number of amides is 3. The molecule has 0 unspecified atom stereocenters. The molecule has 4 aromatic carbocycles. The van der Waals surface area contributed by atoms with Gasteiger partial charge in [0.2, 0.25) is 5.91 Å². The number of carbonyl (C=O) groups is 4. The summed E-state index contributed by atoms with van der Waals surface area (Å²) in [5.41, 5.74) is 3.84. The lowest BCUT2D eigenvalue weighted by Crippen LogP contribution is -2.49. The van der Waals surface area contributed by atoms with Crippen LogP contribution in [0.3, 0.4) is 0 Å². The Labute approximate surface area is 397 Å². The number of halogens is 2. The van der Waals surface area contributed by atoms with Crippen LogP contribution in [-0.4, -0.2) is 144 Å². The molecule has 0 bridgehead atoms. The molecule has 17 nitrogen and oxygen atoms in total. The molecule has 67 heavy (non-hydrogen) atoms. The van der Waals surface area contributed by atoms with E-state index in [0.29, 0.717) is 87.2 Å². The molecule has 2 saturated heterocycles. The summed E-state index contributed by atoms with van der Waals surface area (Å²) in [5.74, 6) is -0.0694. The topological polar surface area (TPSA) is 208 Å². The number of aromatic amines is 2. The zero-order valence-electron chi connectivity index (χ0n) is 37.9. The van der Waals surface area contributed by atoms with Gasteiger partial charge in [-0.1, -0.05) is 47.5 Å². The van der Waals surface area contributed by atoms with Crippen molar-refractivity contribution in [1.82, 2.24) is 40.0 Å². The summed E-state index contributed by atoms with van der Waals surface area (Å²) in [7, 11) is 6.88. The lowest BCUT2D eigenvalue weighted by atomic mass is 10.1. The van der Waals surface area contributed by atoms with Gasteiger partial charge < -0.3 is 44.9 Å². The molecule has 6 aromatic rings. The third-order valence-corrected chi connectivity index (χ3v) is 11.7. The van der Waals surface area contributed by atoms with Crippen LogP contribution in [0, 0.1) is 0 Å². The molecule has 352 valence electrons. The van der Waals surface area contributed by atoms with E-state index < -0.39 is 5.97 Å². The van der Waals surface area contributed by atoms with Gasteiger partial charge in [0.25, 0.3) is 22.9 Å². The number of hydrogen-bond acceptors (Lipinski definition) is 11. The second kappa shape index (κ2) is 23.1. The zero-order valence-corrected chi connectivity index (χ0v) is 39.4. The minimum absolute atomic E-state index is 0.0243. The first-order valence-corrected chi connectivity index (χ1v) is 22.5. The van der Waals surface area contributed by atoms with Crippen LogP contribution in [0.15, 0.2) is 94.5 Å². The molecule has 4 N–H and O–H groups in total. The van der Waals surface area contributed by atoms with Gasteiger partial charge in [-0.15, -0.1) is 0 Å².